The van der Waals surface area contributed by atoms with Crippen molar-refractivity contribution in [1.29, 1.82) is 0 Å². The lowest BCUT2D eigenvalue weighted by molar-refractivity contribution is 0.0916. The maximum atomic E-state index is 11.9. The van der Waals surface area contributed by atoms with Gasteiger partial charge in [-0.05, 0) is 11.6 Å². The van der Waals surface area contributed by atoms with Gasteiger partial charge in [0, 0.05) is 13.0 Å². The number of nitrogens with one attached hydrogen (secondary N) is 1. The van der Waals surface area contributed by atoms with Crippen molar-refractivity contribution < 1.29 is 9.90 Å². The van der Waals surface area contributed by atoms with Crippen LogP contribution in [0.15, 0.2) is 36.4 Å². The monoisotopic (exact) mass is 329 g/mol. The van der Waals surface area contributed by atoms with E-state index in [1.54, 1.807) is 0 Å². The maximum Gasteiger partial charge on any atom is 0.253 e. The zero-order chi connectivity index (χ0) is 14.5. The molecule has 0 aliphatic rings. The Labute approximate surface area is 131 Å². The summed E-state index contributed by atoms with van der Waals surface area (Å²) in [5.41, 5.74) is 1.36. The molecule has 0 aliphatic carbocycles. The van der Waals surface area contributed by atoms with E-state index in [0.29, 0.717) is 20.7 Å². The second-order valence-electron chi connectivity index (χ2n) is 4.29. The molecule has 1 heterocycles. The van der Waals surface area contributed by atoms with Gasteiger partial charge < -0.3 is 10.4 Å². The van der Waals surface area contributed by atoms with Gasteiger partial charge >= 0.3 is 0 Å². The third-order valence-corrected chi connectivity index (χ3v) is 4.20. The minimum absolute atomic E-state index is 0.164. The van der Waals surface area contributed by atoms with Gasteiger partial charge in [-0.25, -0.2) is 0 Å². The molecule has 3 nitrogen and oxygen atoms in total. The first-order valence-electron chi connectivity index (χ1n) is 6.01. The van der Waals surface area contributed by atoms with Crippen LogP contribution in [-0.2, 0) is 6.42 Å². The zero-order valence-electron chi connectivity index (χ0n) is 10.5. The minimum Gasteiger partial charge on any atom is -0.391 e. The van der Waals surface area contributed by atoms with Gasteiger partial charge in [-0.15, -0.1) is 11.3 Å². The average molecular weight is 330 g/mol. The Hall–Kier alpha value is -1.07. The fourth-order valence-corrected chi connectivity index (χ4v) is 3.22. The molecule has 0 saturated carbocycles. The van der Waals surface area contributed by atoms with E-state index in [1.807, 2.05) is 30.3 Å². The first-order chi connectivity index (χ1) is 9.56. The van der Waals surface area contributed by atoms with Crippen molar-refractivity contribution in [2.75, 3.05) is 6.54 Å². The number of halogens is 2. The summed E-state index contributed by atoms with van der Waals surface area (Å²) in [5.74, 6) is -0.328. The molecule has 20 heavy (non-hydrogen) atoms. The zero-order valence-corrected chi connectivity index (χ0v) is 12.8. The molecule has 1 unspecified atom stereocenters. The number of rotatable bonds is 5. The third-order valence-electron chi connectivity index (χ3n) is 2.71. The van der Waals surface area contributed by atoms with Crippen LogP contribution in [0, 0.1) is 0 Å². The molecule has 0 aliphatic heterocycles. The van der Waals surface area contributed by atoms with Crippen LogP contribution in [0.5, 0.6) is 0 Å². The van der Waals surface area contributed by atoms with Gasteiger partial charge in [0.2, 0.25) is 0 Å². The molecule has 0 fully saturated rings. The van der Waals surface area contributed by atoms with E-state index in [4.69, 9.17) is 23.2 Å². The molecule has 6 heteroatoms. The molecular weight excluding hydrogens is 317 g/mol. The number of hydrogen-bond donors (Lipinski definition) is 2. The van der Waals surface area contributed by atoms with Crippen LogP contribution in [0.4, 0.5) is 0 Å². The fraction of sp³-hybridized carbons (Fsp3) is 0.214. The standard InChI is InChI=1S/C14H13Cl2NO2S/c15-12-7-11(13(16)20-12)14(19)17-8-10(18)6-9-4-2-1-3-5-9/h1-5,7,10,18H,6,8H2,(H,17,19). The first-order valence-corrected chi connectivity index (χ1v) is 7.58. The summed E-state index contributed by atoms with van der Waals surface area (Å²) in [5, 5.41) is 12.5. The summed E-state index contributed by atoms with van der Waals surface area (Å²) in [7, 11) is 0. The molecule has 106 valence electrons. The van der Waals surface area contributed by atoms with E-state index in [0.717, 1.165) is 16.9 Å². The molecular formula is C14H13Cl2NO2S. The van der Waals surface area contributed by atoms with Crippen LogP contribution in [-0.4, -0.2) is 23.7 Å². The van der Waals surface area contributed by atoms with Crippen molar-refractivity contribution in [1.82, 2.24) is 5.32 Å². The molecule has 2 rings (SSSR count). The highest BCUT2D eigenvalue weighted by Gasteiger charge is 2.15. The van der Waals surface area contributed by atoms with Gasteiger partial charge in [0.05, 0.1) is 16.0 Å². The number of hydrogen-bond acceptors (Lipinski definition) is 3. The van der Waals surface area contributed by atoms with Gasteiger partial charge in [0.25, 0.3) is 5.91 Å². The molecule has 2 aromatic rings. The minimum atomic E-state index is -0.644. The maximum absolute atomic E-state index is 11.9. The Morgan fingerprint density at radius 2 is 2.00 bits per heavy atom. The van der Waals surface area contributed by atoms with Crippen molar-refractivity contribution >= 4 is 40.4 Å². The van der Waals surface area contributed by atoms with Crippen LogP contribution >= 0.6 is 34.5 Å². The summed E-state index contributed by atoms with van der Waals surface area (Å²) >= 11 is 12.8. The van der Waals surface area contributed by atoms with Crippen molar-refractivity contribution in [2.45, 2.75) is 12.5 Å². The Morgan fingerprint density at radius 3 is 2.60 bits per heavy atom. The molecule has 2 N–H and O–H groups in total. The second-order valence-corrected chi connectivity index (χ2v) is 6.58. The lowest BCUT2D eigenvalue weighted by atomic mass is 10.1. The molecule has 0 spiro atoms. The quantitative estimate of drug-likeness (QED) is 0.883. The highest BCUT2D eigenvalue weighted by atomic mass is 35.5. The van der Waals surface area contributed by atoms with Crippen molar-refractivity contribution in [2.24, 2.45) is 0 Å². The Bertz CT molecular complexity index is 586. The normalized spacial score (nSPS) is 12.2. The molecule has 1 aromatic carbocycles. The number of carbonyl (C=O) groups is 1. The van der Waals surface area contributed by atoms with E-state index < -0.39 is 6.10 Å². The van der Waals surface area contributed by atoms with E-state index in [1.165, 1.54) is 6.07 Å². The van der Waals surface area contributed by atoms with Gasteiger partial charge in [0.15, 0.2) is 0 Å². The predicted molar refractivity (Wildman–Crippen MR) is 82.8 cm³/mol. The molecule has 1 atom stereocenters. The van der Waals surface area contributed by atoms with Crippen molar-refractivity contribution in [3.8, 4) is 0 Å². The fourth-order valence-electron chi connectivity index (χ4n) is 1.76. The smallest absolute Gasteiger partial charge is 0.253 e. The lowest BCUT2D eigenvalue weighted by Gasteiger charge is -2.11. The highest BCUT2D eigenvalue weighted by molar-refractivity contribution is 7.20. The summed E-state index contributed by atoms with van der Waals surface area (Å²) in [6, 6.07) is 11.1. The van der Waals surface area contributed by atoms with E-state index in [2.05, 4.69) is 5.32 Å². The lowest BCUT2D eigenvalue weighted by Crippen LogP contribution is -2.33. The number of aliphatic hydroxyl groups is 1. The topological polar surface area (TPSA) is 49.3 Å². The summed E-state index contributed by atoms with van der Waals surface area (Å²) in [6.45, 7) is 0.164. The van der Waals surface area contributed by atoms with Gasteiger partial charge in [-0.2, -0.15) is 0 Å². The molecule has 0 saturated heterocycles. The Morgan fingerprint density at radius 1 is 1.30 bits per heavy atom. The number of aliphatic hydroxyl groups excluding tert-OH is 1. The summed E-state index contributed by atoms with van der Waals surface area (Å²) in [4.78, 5) is 11.9. The van der Waals surface area contributed by atoms with Crippen LogP contribution in [0.25, 0.3) is 0 Å². The van der Waals surface area contributed by atoms with Crippen LogP contribution in [0.3, 0.4) is 0 Å². The highest BCUT2D eigenvalue weighted by Crippen LogP contribution is 2.30. The first kappa shape index (κ1) is 15.3. The van der Waals surface area contributed by atoms with E-state index >= 15 is 0 Å². The number of carbonyl (C=O) groups excluding carboxylic acids is 1. The van der Waals surface area contributed by atoms with Gasteiger partial charge in [-0.1, -0.05) is 53.5 Å². The molecule has 0 bridgehead atoms. The van der Waals surface area contributed by atoms with Crippen molar-refractivity contribution in [3.05, 3.63) is 56.2 Å². The Balaban J connectivity index is 1.86. The summed E-state index contributed by atoms with van der Waals surface area (Å²) < 4.78 is 0.815. The number of thiophene rings is 1. The third kappa shape index (κ3) is 4.21. The molecule has 1 amide bonds. The van der Waals surface area contributed by atoms with Crippen molar-refractivity contribution in [3.63, 3.8) is 0 Å². The van der Waals surface area contributed by atoms with Gasteiger partial charge in [0.1, 0.15) is 4.34 Å². The SMILES string of the molecule is O=C(NCC(O)Cc1ccccc1)c1cc(Cl)sc1Cl. The average Bonchev–Trinajstić information content (AvgIpc) is 2.76. The summed E-state index contributed by atoms with van der Waals surface area (Å²) in [6.07, 6.45) is -0.159. The van der Waals surface area contributed by atoms with Crippen LogP contribution < -0.4 is 5.32 Å². The van der Waals surface area contributed by atoms with E-state index in [-0.39, 0.29) is 12.5 Å². The molecule has 0 radical (unpaired) electrons. The van der Waals surface area contributed by atoms with Crippen LogP contribution in [0.2, 0.25) is 8.67 Å². The number of benzene rings is 1. The van der Waals surface area contributed by atoms with E-state index in [9.17, 15) is 9.90 Å². The molecule has 1 aromatic heterocycles. The predicted octanol–water partition coefficient (Wildman–Crippen LogP) is 3.39. The van der Waals surface area contributed by atoms with Crippen LogP contribution in [0.1, 0.15) is 15.9 Å². The Kier molecular flexibility index (Phi) is 5.43. The largest absolute Gasteiger partial charge is 0.391 e. The second kappa shape index (κ2) is 7.09. The number of amides is 1. The van der Waals surface area contributed by atoms with Gasteiger partial charge in [-0.3, -0.25) is 4.79 Å².